The Morgan fingerprint density at radius 1 is 1.19 bits per heavy atom. The zero-order valence-electron chi connectivity index (χ0n) is 20.6. The number of carbonyl (C=O) groups is 2. The van der Waals surface area contributed by atoms with E-state index in [1.807, 2.05) is 24.3 Å². The normalized spacial score (nSPS) is 13.5. The maximum atomic E-state index is 14.0. The van der Waals surface area contributed by atoms with Crippen molar-refractivity contribution in [2.24, 2.45) is 0 Å². The number of hydrogen-bond acceptors (Lipinski definition) is 6. The van der Waals surface area contributed by atoms with E-state index in [1.165, 1.54) is 24.1 Å². The summed E-state index contributed by atoms with van der Waals surface area (Å²) in [5.41, 5.74) is -1.12. The summed E-state index contributed by atoms with van der Waals surface area (Å²) in [7, 11) is 1.49. The maximum Gasteiger partial charge on any atom is 0.412 e. The molecule has 3 amide bonds. The molecule has 3 N–H and O–H groups in total. The number of fused-ring (bicyclic) bond motifs is 1. The van der Waals surface area contributed by atoms with Crippen molar-refractivity contribution in [1.82, 2.24) is 15.2 Å². The zero-order chi connectivity index (χ0) is 27.0. The second-order valence-electron chi connectivity index (χ2n) is 8.79. The summed E-state index contributed by atoms with van der Waals surface area (Å²) < 4.78 is 32.9. The van der Waals surface area contributed by atoms with Crippen LogP contribution in [0.2, 0.25) is 0 Å². The Morgan fingerprint density at radius 2 is 1.92 bits per heavy atom. The monoisotopic (exact) mass is 532 g/mol. The van der Waals surface area contributed by atoms with Crippen LogP contribution in [0.15, 0.2) is 54.7 Å². The molecule has 2 aromatic carbocycles. The largest absolute Gasteiger partial charge is 0.447 e. The Morgan fingerprint density at radius 3 is 2.65 bits per heavy atom. The smallest absolute Gasteiger partial charge is 0.412 e. The van der Waals surface area contributed by atoms with Gasteiger partial charge in [-0.1, -0.05) is 36.4 Å². The molecule has 3 rings (SSSR count). The average molecular weight is 533 g/mol. The van der Waals surface area contributed by atoms with Gasteiger partial charge in [-0.15, -0.1) is 0 Å². The number of aromatic nitrogens is 1. The van der Waals surface area contributed by atoms with E-state index >= 15 is 0 Å². The van der Waals surface area contributed by atoms with E-state index in [-0.39, 0.29) is 25.3 Å². The summed E-state index contributed by atoms with van der Waals surface area (Å²) in [6.45, 7) is 1.14. The van der Waals surface area contributed by atoms with Crippen molar-refractivity contribution in [2.45, 2.75) is 37.1 Å². The van der Waals surface area contributed by atoms with Crippen molar-refractivity contribution in [1.29, 1.82) is 0 Å². The maximum absolute atomic E-state index is 14.0. The van der Waals surface area contributed by atoms with Crippen LogP contribution in [0.5, 0.6) is 0 Å². The van der Waals surface area contributed by atoms with E-state index in [1.54, 1.807) is 19.2 Å². The molecule has 0 aliphatic carbocycles. The Hall–Kier alpha value is -3.44. The van der Waals surface area contributed by atoms with Crippen LogP contribution in [-0.4, -0.2) is 58.2 Å². The first kappa shape index (κ1) is 28.1. The first-order chi connectivity index (χ1) is 17.7. The fraction of sp³-hybridized carbons (Fsp3) is 0.346. The lowest BCUT2D eigenvalue weighted by Gasteiger charge is -2.42. The van der Waals surface area contributed by atoms with Gasteiger partial charge in [0.25, 0.3) is 0 Å². The number of rotatable bonds is 10. The number of nitrogens with zero attached hydrogens (tertiary/aromatic N) is 2. The van der Waals surface area contributed by atoms with E-state index in [2.05, 4.69) is 28.2 Å². The number of pyridine rings is 1. The molecule has 8 nitrogen and oxygen atoms in total. The summed E-state index contributed by atoms with van der Waals surface area (Å²) in [6, 6.07) is 12.4. The molecule has 3 aromatic rings. The Kier molecular flexibility index (Phi) is 9.65. The van der Waals surface area contributed by atoms with E-state index in [0.717, 1.165) is 16.8 Å². The van der Waals surface area contributed by atoms with Gasteiger partial charge < -0.3 is 20.1 Å². The van der Waals surface area contributed by atoms with Crippen LogP contribution >= 0.6 is 12.6 Å². The van der Waals surface area contributed by atoms with Crippen molar-refractivity contribution in [3.8, 4) is 0 Å². The minimum Gasteiger partial charge on any atom is -0.447 e. The molecule has 1 unspecified atom stereocenters. The number of likely N-dealkylation sites (N-methyl/N-ethyl adjacent to an activating group) is 1. The third-order valence-electron chi connectivity index (χ3n) is 6.24. The number of halogens is 2. The Labute approximate surface area is 219 Å². The minimum atomic E-state index is -1.11. The van der Waals surface area contributed by atoms with Gasteiger partial charge >= 0.3 is 12.1 Å². The van der Waals surface area contributed by atoms with Gasteiger partial charge in [-0.2, -0.15) is 12.6 Å². The van der Waals surface area contributed by atoms with Gasteiger partial charge in [0.2, 0.25) is 0 Å². The highest BCUT2D eigenvalue weighted by Gasteiger charge is 2.40. The van der Waals surface area contributed by atoms with E-state index in [4.69, 9.17) is 4.74 Å². The minimum absolute atomic E-state index is 0.00956. The van der Waals surface area contributed by atoms with Crippen LogP contribution in [0.25, 0.3) is 10.8 Å². The third kappa shape index (κ3) is 7.07. The SMILES string of the molecule is CN(C(=O)NCc1cccc(F)c1F)C(C)(COC(=O)Nc1cc2ccccc2cn1)[C@H](S)CCCO. The molecule has 0 bridgehead atoms. The highest BCUT2D eigenvalue weighted by Crippen LogP contribution is 2.27. The quantitative estimate of drug-likeness (QED) is 0.283. The van der Waals surface area contributed by atoms with Crippen LogP contribution in [-0.2, 0) is 11.3 Å². The molecule has 1 aromatic heterocycles. The lowest BCUT2D eigenvalue weighted by Crippen LogP contribution is -2.59. The molecule has 0 saturated heterocycles. The van der Waals surface area contributed by atoms with E-state index in [0.29, 0.717) is 18.7 Å². The molecule has 0 fully saturated rings. The highest BCUT2D eigenvalue weighted by molar-refractivity contribution is 7.81. The van der Waals surface area contributed by atoms with E-state index in [9.17, 15) is 23.5 Å². The second kappa shape index (κ2) is 12.7. The number of amides is 3. The molecule has 0 radical (unpaired) electrons. The summed E-state index contributed by atoms with van der Waals surface area (Å²) in [5.74, 6) is -1.74. The molecule has 0 aliphatic rings. The summed E-state index contributed by atoms with van der Waals surface area (Å²) in [5, 5.41) is 15.7. The molecule has 0 aliphatic heterocycles. The first-order valence-corrected chi connectivity index (χ1v) is 12.2. The number of nitrogens with one attached hydrogen (secondary N) is 2. The van der Waals surface area contributed by atoms with Gasteiger partial charge in [0.1, 0.15) is 12.4 Å². The number of benzene rings is 2. The first-order valence-electron chi connectivity index (χ1n) is 11.7. The molecule has 1 heterocycles. The lowest BCUT2D eigenvalue weighted by molar-refractivity contribution is 0.0637. The molecule has 0 spiro atoms. The van der Waals surface area contributed by atoms with Gasteiger partial charge in [0.05, 0.1) is 5.54 Å². The van der Waals surface area contributed by atoms with Crippen LogP contribution in [0.4, 0.5) is 24.2 Å². The lowest BCUT2D eigenvalue weighted by atomic mass is 9.93. The van der Waals surface area contributed by atoms with Crippen molar-refractivity contribution in [3.05, 3.63) is 71.9 Å². The van der Waals surface area contributed by atoms with Crippen LogP contribution in [0, 0.1) is 11.6 Å². The second-order valence-corrected chi connectivity index (χ2v) is 9.41. The van der Waals surface area contributed by atoms with Crippen LogP contribution < -0.4 is 10.6 Å². The van der Waals surface area contributed by atoms with Gasteiger partial charge in [0, 0.05) is 42.6 Å². The molecule has 11 heteroatoms. The number of hydrogen-bond donors (Lipinski definition) is 4. The molecular weight excluding hydrogens is 502 g/mol. The fourth-order valence-electron chi connectivity index (χ4n) is 3.72. The van der Waals surface area contributed by atoms with E-state index < -0.39 is 34.5 Å². The molecule has 2 atom stereocenters. The number of aliphatic hydroxyl groups excluding tert-OH is 1. The number of aliphatic hydroxyl groups is 1. The summed E-state index contributed by atoms with van der Waals surface area (Å²) in [4.78, 5) is 31.0. The van der Waals surface area contributed by atoms with Gasteiger partial charge in [-0.25, -0.2) is 23.4 Å². The predicted octanol–water partition coefficient (Wildman–Crippen LogP) is 4.73. The standard InChI is InChI=1S/C26H30F2N4O4S/c1-26(21(37)11-6-12-33,32(2)24(34)30-15-19-9-5-10-20(27)23(19)28)16-36-25(35)31-22-13-17-7-3-4-8-18(17)14-29-22/h3-5,7-10,13-14,21,33,37H,6,11-12,15-16H2,1-2H3,(H,30,34)(H,29,31,35)/t21-,26?/m1/s1. The molecule has 198 valence electrons. The summed E-state index contributed by atoms with van der Waals surface area (Å²) in [6.07, 6.45) is 1.70. The Balaban J connectivity index is 1.68. The van der Waals surface area contributed by atoms with Gasteiger partial charge in [0.15, 0.2) is 11.6 Å². The Bertz CT molecular complexity index is 1250. The zero-order valence-corrected chi connectivity index (χ0v) is 21.5. The van der Waals surface area contributed by atoms with Crippen LogP contribution in [0.1, 0.15) is 25.3 Å². The number of ether oxygens (including phenoxy) is 1. The molecular formula is C26H30F2N4O4S. The highest BCUT2D eigenvalue weighted by atomic mass is 32.1. The van der Waals surface area contributed by atoms with Crippen molar-refractivity contribution < 1.29 is 28.2 Å². The molecule has 0 saturated carbocycles. The third-order valence-corrected chi connectivity index (χ3v) is 7.06. The van der Waals surface area contributed by atoms with Gasteiger partial charge in [-0.05, 0) is 37.3 Å². The number of thiol groups is 1. The van der Waals surface area contributed by atoms with Gasteiger partial charge in [-0.3, -0.25) is 5.32 Å². The van der Waals surface area contributed by atoms with Crippen molar-refractivity contribution >= 4 is 41.3 Å². The number of urea groups is 1. The number of carbonyl (C=O) groups excluding carboxylic acids is 2. The van der Waals surface area contributed by atoms with Crippen molar-refractivity contribution in [2.75, 3.05) is 25.6 Å². The molecule has 37 heavy (non-hydrogen) atoms. The number of anilines is 1. The predicted molar refractivity (Wildman–Crippen MR) is 141 cm³/mol. The summed E-state index contributed by atoms with van der Waals surface area (Å²) >= 11 is 4.62. The average Bonchev–Trinajstić information content (AvgIpc) is 2.90. The van der Waals surface area contributed by atoms with Crippen molar-refractivity contribution in [3.63, 3.8) is 0 Å². The topological polar surface area (TPSA) is 104 Å². The van der Waals surface area contributed by atoms with Crippen LogP contribution in [0.3, 0.4) is 0 Å². The fourth-order valence-corrected chi connectivity index (χ4v) is 4.15.